The third-order valence-electron chi connectivity index (χ3n) is 2.48. The Balaban J connectivity index is 2.07. The molecule has 1 saturated heterocycles. The molecule has 1 aromatic rings. The number of nitrogens with one attached hydrogen (secondary N) is 1. The zero-order valence-electron chi connectivity index (χ0n) is 9.14. The Morgan fingerprint density at radius 3 is 2.65 bits per heavy atom. The van der Waals surface area contributed by atoms with E-state index in [4.69, 9.17) is 5.26 Å². The van der Waals surface area contributed by atoms with E-state index in [0.717, 1.165) is 5.56 Å². The van der Waals surface area contributed by atoms with Crippen molar-refractivity contribution >= 4 is 11.8 Å². The van der Waals surface area contributed by atoms with Crippen molar-refractivity contribution in [2.75, 3.05) is 13.1 Å². The number of carbonyl (C=O) groups excluding carboxylic acids is 2. The molecule has 5 heteroatoms. The summed E-state index contributed by atoms with van der Waals surface area (Å²) in [5.74, 6) is -0.560. The lowest BCUT2D eigenvalue weighted by molar-refractivity contribution is -0.136. The predicted molar refractivity (Wildman–Crippen MR) is 59.6 cm³/mol. The Morgan fingerprint density at radius 2 is 2.00 bits per heavy atom. The summed E-state index contributed by atoms with van der Waals surface area (Å²) in [5.41, 5.74) is 1.50. The number of piperazine rings is 1. The van der Waals surface area contributed by atoms with Crippen molar-refractivity contribution < 1.29 is 9.59 Å². The molecule has 86 valence electrons. The first-order chi connectivity index (χ1) is 8.17. The molecule has 2 rings (SSSR count). The molecule has 17 heavy (non-hydrogen) atoms. The third-order valence-corrected chi connectivity index (χ3v) is 2.48. The van der Waals surface area contributed by atoms with Crippen LogP contribution in [0.5, 0.6) is 0 Å². The first kappa shape index (κ1) is 11.3. The number of nitriles is 1. The van der Waals surface area contributed by atoms with E-state index in [2.05, 4.69) is 11.4 Å². The SMILES string of the molecule is N#Cc1cccc(CN2CC(=O)NC(=O)C2)c1. The molecule has 1 aromatic carbocycles. The van der Waals surface area contributed by atoms with Crippen LogP contribution in [0.1, 0.15) is 11.1 Å². The molecular weight excluding hydrogens is 218 g/mol. The Morgan fingerprint density at radius 1 is 1.29 bits per heavy atom. The minimum atomic E-state index is -0.280. The van der Waals surface area contributed by atoms with Gasteiger partial charge in [0.2, 0.25) is 11.8 Å². The standard InChI is InChI=1S/C12H11N3O2/c13-5-9-2-1-3-10(4-9)6-15-7-11(16)14-12(17)8-15/h1-4H,6-8H2,(H,14,16,17). The van der Waals surface area contributed by atoms with Crippen LogP contribution in [0.15, 0.2) is 24.3 Å². The number of hydrogen-bond donors (Lipinski definition) is 1. The summed E-state index contributed by atoms with van der Waals surface area (Å²) < 4.78 is 0. The van der Waals surface area contributed by atoms with Crippen LogP contribution in [-0.4, -0.2) is 29.8 Å². The number of amides is 2. The van der Waals surface area contributed by atoms with Gasteiger partial charge in [0.1, 0.15) is 0 Å². The monoisotopic (exact) mass is 229 g/mol. The molecule has 2 amide bonds. The van der Waals surface area contributed by atoms with Gasteiger partial charge >= 0.3 is 0 Å². The van der Waals surface area contributed by atoms with Gasteiger partial charge in [-0.25, -0.2) is 0 Å². The molecule has 1 heterocycles. The maximum Gasteiger partial charge on any atom is 0.240 e. The van der Waals surface area contributed by atoms with Crippen molar-refractivity contribution in [3.8, 4) is 6.07 Å². The van der Waals surface area contributed by atoms with Gasteiger partial charge in [0, 0.05) is 6.54 Å². The van der Waals surface area contributed by atoms with Crippen LogP contribution in [0.25, 0.3) is 0 Å². The van der Waals surface area contributed by atoms with E-state index in [1.807, 2.05) is 6.07 Å². The highest BCUT2D eigenvalue weighted by Crippen LogP contribution is 2.08. The zero-order chi connectivity index (χ0) is 12.3. The molecule has 0 aliphatic carbocycles. The number of carbonyl (C=O) groups is 2. The summed E-state index contributed by atoms with van der Waals surface area (Å²) in [5, 5.41) is 11.0. The highest BCUT2D eigenvalue weighted by molar-refractivity contribution is 5.99. The van der Waals surface area contributed by atoms with Gasteiger partial charge in [0.25, 0.3) is 0 Å². The summed E-state index contributed by atoms with van der Waals surface area (Å²) in [6.07, 6.45) is 0. The van der Waals surface area contributed by atoms with Crippen LogP contribution in [0.4, 0.5) is 0 Å². The molecule has 0 spiro atoms. The molecule has 0 bridgehead atoms. The first-order valence-corrected chi connectivity index (χ1v) is 5.21. The van der Waals surface area contributed by atoms with Gasteiger partial charge < -0.3 is 0 Å². The molecule has 5 nitrogen and oxygen atoms in total. The van der Waals surface area contributed by atoms with Gasteiger partial charge in [-0.1, -0.05) is 12.1 Å². The smallest absolute Gasteiger partial charge is 0.240 e. The molecule has 1 aliphatic rings. The Kier molecular flexibility index (Phi) is 3.17. The number of benzene rings is 1. The average Bonchev–Trinajstić information content (AvgIpc) is 2.28. The van der Waals surface area contributed by atoms with Gasteiger partial charge in [-0.15, -0.1) is 0 Å². The van der Waals surface area contributed by atoms with E-state index in [0.29, 0.717) is 12.1 Å². The van der Waals surface area contributed by atoms with E-state index in [9.17, 15) is 9.59 Å². The lowest BCUT2D eigenvalue weighted by Gasteiger charge is -2.25. The quantitative estimate of drug-likeness (QED) is 0.725. The van der Waals surface area contributed by atoms with Crippen LogP contribution < -0.4 is 5.32 Å². The number of hydrogen-bond acceptors (Lipinski definition) is 4. The minimum absolute atomic E-state index is 0.211. The number of imide groups is 1. The van der Waals surface area contributed by atoms with Gasteiger partial charge in [0.15, 0.2) is 0 Å². The topological polar surface area (TPSA) is 73.2 Å². The molecule has 0 saturated carbocycles. The zero-order valence-corrected chi connectivity index (χ0v) is 9.14. The van der Waals surface area contributed by atoms with Gasteiger partial charge in [0.05, 0.1) is 24.7 Å². The van der Waals surface area contributed by atoms with Crippen molar-refractivity contribution in [3.63, 3.8) is 0 Å². The molecule has 1 aliphatic heterocycles. The van der Waals surface area contributed by atoms with Crippen LogP contribution >= 0.6 is 0 Å². The second-order valence-electron chi connectivity index (χ2n) is 3.93. The van der Waals surface area contributed by atoms with Gasteiger partial charge in [-0.05, 0) is 17.7 Å². The van der Waals surface area contributed by atoms with Crippen molar-refractivity contribution in [2.24, 2.45) is 0 Å². The van der Waals surface area contributed by atoms with E-state index in [1.54, 1.807) is 23.1 Å². The largest absolute Gasteiger partial charge is 0.294 e. The predicted octanol–water partition coefficient (Wildman–Crippen LogP) is 0.0167. The van der Waals surface area contributed by atoms with E-state index in [-0.39, 0.29) is 24.9 Å². The second-order valence-corrected chi connectivity index (χ2v) is 3.93. The summed E-state index contributed by atoms with van der Waals surface area (Å²) in [4.78, 5) is 24.1. The Hall–Kier alpha value is -2.19. The first-order valence-electron chi connectivity index (χ1n) is 5.21. The molecule has 0 aromatic heterocycles. The van der Waals surface area contributed by atoms with E-state index < -0.39 is 0 Å². The van der Waals surface area contributed by atoms with Crippen LogP contribution in [0.2, 0.25) is 0 Å². The van der Waals surface area contributed by atoms with Gasteiger partial charge in [-0.2, -0.15) is 5.26 Å². The van der Waals surface area contributed by atoms with Gasteiger partial charge in [-0.3, -0.25) is 19.8 Å². The fourth-order valence-corrected chi connectivity index (χ4v) is 1.81. The Bertz CT molecular complexity index is 489. The lowest BCUT2D eigenvalue weighted by atomic mass is 10.1. The summed E-state index contributed by atoms with van der Waals surface area (Å²) in [7, 11) is 0. The summed E-state index contributed by atoms with van der Waals surface area (Å²) in [6.45, 7) is 0.916. The summed E-state index contributed by atoms with van der Waals surface area (Å²) >= 11 is 0. The Labute approximate surface area is 98.6 Å². The fraction of sp³-hybridized carbons (Fsp3) is 0.250. The molecule has 1 fully saturated rings. The van der Waals surface area contributed by atoms with Crippen molar-refractivity contribution in [1.29, 1.82) is 5.26 Å². The second kappa shape index (κ2) is 4.76. The third kappa shape index (κ3) is 2.89. The fourth-order valence-electron chi connectivity index (χ4n) is 1.81. The van der Waals surface area contributed by atoms with Crippen LogP contribution in [-0.2, 0) is 16.1 Å². The van der Waals surface area contributed by atoms with E-state index >= 15 is 0 Å². The molecule has 1 N–H and O–H groups in total. The minimum Gasteiger partial charge on any atom is -0.294 e. The van der Waals surface area contributed by atoms with E-state index in [1.165, 1.54) is 0 Å². The molecule has 0 unspecified atom stereocenters. The van der Waals surface area contributed by atoms with Crippen LogP contribution in [0, 0.1) is 11.3 Å². The molecule has 0 atom stereocenters. The average molecular weight is 229 g/mol. The molecular formula is C12H11N3O2. The summed E-state index contributed by atoms with van der Waals surface area (Å²) in [6, 6.07) is 9.20. The lowest BCUT2D eigenvalue weighted by Crippen LogP contribution is -2.50. The van der Waals surface area contributed by atoms with Crippen LogP contribution in [0.3, 0.4) is 0 Å². The van der Waals surface area contributed by atoms with Crippen molar-refractivity contribution in [1.82, 2.24) is 10.2 Å². The van der Waals surface area contributed by atoms with Crippen molar-refractivity contribution in [2.45, 2.75) is 6.54 Å². The number of nitrogens with zero attached hydrogens (tertiary/aromatic N) is 2. The highest BCUT2D eigenvalue weighted by Gasteiger charge is 2.22. The maximum atomic E-state index is 11.2. The highest BCUT2D eigenvalue weighted by atomic mass is 16.2. The van der Waals surface area contributed by atoms with Crippen molar-refractivity contribution in [3.05, 3.63) is 35.4 Å². The molecule has 0 radical (unpaired) electrons. The normalized spacial score (nSPS) is 16.4. The number of rotatable bonds is 2. The maximum absolute atomic E-state index is 11.2.